The maximum Gasteiger partial charge on any atom is 0.243 e. The zero-order valence-corrected chi connectivity index (χ0v) is 36.4. The Kier molecular flexibility index (Phi) is 13.6. The Morgan fingerprint density at radius 1 is 0.774 bits per heavy atom. The van der Waals surface area contributed by atoms with E-state index in [2.05, 4.69) is 54.9 Å². The Balaban J connectivity index is 0.844. The fourth-order valence-electron chi connectivity index (χ4n) is 9.12. The monoisotopic (exact) mass is 848 g/mol. The number of amides is 2. The molecule has 0 bridgehead atoms. The minimum absolute atomic E-state index is 0.0557. The molecular formula is C51H53ClN6O4. The van der Waals surface area contributed by atoms with Gasteiger partial charge in [-0.15, -0.1) is 5.10 Å². The Hall–Kier alpha value is -6.28. The van der Waals surface area contributed by atoms with Crippen molar-refractivity contribution < 1.29 is 19.2 Å². The maximum atomic E-state index is 13.3. The normalized spacial score (nSPS) is 16.4. The van der Waals surface area contributed by atoms with E-state index in [9.17, 15) is 14.9 Å². The Morgan fingerprint density at radius 2 is 1.35 bits per heavy atom. The van der Waals surface area contributed by atoms with E-state index >= 15 is 0 Å². The molecule has 0 spiro atoms. The number of rotatable bonds is 18. The van der Waals surface area contributed by atoms with Gasteiger partial charge in [0.05, 0.1) is 23.2 Å². The standard InChI is InChI=1S/C51H53ClN6O4/c1-49(2)47(50(3,4)48(49)61-42-30-29-38(34-53)43(52)33-42)54-46(60)32-36-25-27-37(28-26-36)44-35-58(57-55-44)31-17-6-5-16-24-45(59)56-62-51(39-18-10-7-11-19-39,40-20-12-8-13-21-40)41-22-14-9-15-23-41/h7-15,18-23,25-30,33,35,47-48H,5-6,16-17,24,31-32H2,1-4H3,(H,54,60)(H,56,59). The number of aromatic nitrogens is 3. The summed E-state index contributed by atoms with van der Waals surface area (Å²) in [4.78, 5) is 32.9. The molecule has 10 nitrogen and oxygen atoms in total. The summed E-state index contributed by atoms with van der Waals surface area (Å²) in [6.45, 7) is 9.09. The summed E-state index contributed by atoms with van der Waals surface area (Å²) < 4.78 is 8.22. The van der Waals surface area contributed by atoms with Crippen molar-refractivity contribution in [3.63, 3.8) is 0 Å². The molecule has 62 heavy (non-hydrogen) atoms. The van der Waals surface area contributed by atoms with Crippen LogP contribution in [-0.2, 0) is 33.0 Å². The first-order valence-corrected chi connectivity index (χ1v) is 21.6. The molecule has 0 radical (unpaired) electrons. The lowest BCUT2D eigenvalue weighted by atomic mass is 9.49. The molecule has 1 aliphatic rings. The van der Waals surface area contributed by atoms with Gasteiger partial charge >= 0.3 is 0 Å². The summed E-state index contributed by atoms with van der Waals surface area (Å²) >= 11 is 6.25. The van der Waals surface area contributed by atoms with E-state index in [0.717, 1.165) is 65.7 Å². The quantitative estimate of drug-likeness (QED) is 0.0500. The van der Waals surface area contributed by atoms with E-state index in [0.29, 0.717) is 22.8 Å². The molecule has 11 heteroatoms. The van der Waals surface area contributed by atoms with Crippen molar-refractivity contribution in [3.8, 4) is 23.1 Å². The minimum atomic E-state index is -1.02. The first kappa shape index (κ1) is 43.8. The fraction of sp³-hybridized carbons (Fsp3) is 0.314. The van der Waals surface area contributed by atoms with E-state index in [1.165, 1.54) is 0 Å². The van der Waals surface area contributed by atoms with E-state index in [1.54, 1.807) is 18.2 Å². The van der Waals surface area contributed by atoms with Crippen LogP contribution in [0, 0.1) is 22.2 Å². The summed E-state index contributed by atoms with van der Waals surface area (Å²) in [7, 11) is 0. The predicted octanol–water partition coefficient (Wildman–Crippen LogP) is 10.0. The highest BCUT2D eigenvalue weighted by atomic mass is 35.5. The maximum absolute atomic E-state index is 13.3. The van der Waals surface area contributed by atoms with Crippen molar-refractivity contribution in [2.45, 2.75) is 90.5 Å². The number of carbonyl (C=O) groups excluding carboxylic acids is 2. The van der Waals surface area contributed by atoms with Crippen LogP contribution in [0.2, 0.25) is 5.02 Å². The van der Waals surface area contributed by atoms with Crippen molar-refractivity contribution in [2.24, 2.45) is 10.8 Å². The van der Waals surface area contributed by atoms with Crippen molar-refractivity contribution in [1.82, 2.24) is 25.8 Å². The summed E-state index contributed by atoms with van der Waals surface area (Å²) in [5.74, 6) is 0.378. The van der Waals surface area contributed by atoms with Crippen molar-refractivity contribution in [1.29, 1.82) is 5.26 Å². The van der Waals surface area contributed by atoms with Crippen LogP contribution in [-0.4, -0.2) is 39.0 Å². The smallest absolute Gasteiger partial charge is 0.243 e. The lowest BCUT2D eigenvalue weighted by molar-refractivity contribution is -0.173. The molecule has 0 atom stereocenters. The van der Waals surface area contributed by atoms with Crippen LogP contribution in [0.1, 0.15) is 87.6 Å². The minimum Gasteiger partial charge on any atom is -0.489 e. The molecule has 0 aliphatic heterocycles. The van der Waals surface area contributed by atoms with Crippen LogP contribution in [0.25, 0.3) is 11.3 Å². The number of nitrogens with zero attached hydrogens (tertiary/aromatic N) is 4. The third-order valence-corrected chi connectivity index (χ3v) is 12.3. The second-order valence-electron chi connectivity index (χ2n) is 17.2. The van der Waals surface area contributed by atoms with Gasteiger partial charge in [0.15, 0.2) is 5.60 Å². The average molecular weight is 849 g/mol. The summed E-state index contributed by atoms with van der Waals surface area (Å²) in [5, 5.41) is 21.6. The molecule has 2 N–H and O–H groups in total. The van der Waals surface area contributed by atoms with E-state index in [-0.39, 0.29) is 41.2 Å². The lowest BCUT2D eigenvalue weighted by Crippen LogP contribution is -2.74. The fourth-order valence-corrected chi connectivity index (χ4v) is 9.33. The summed E-state index contributed by atoms with van der Waals surface area (Å²) in [6.07, 6.45) is 5.83. The first-order chi connectivity index (χ1) is 29.9. The molecule has 2 amide bonds. The highest BCUT2D eigenvalue weighted by Gasteiger charge is 2.64. The molecule has 5 aromatic carbocycles. The number of hydrogen-bond donors (Lipinski definition) is 2. The largest absolute Gasteiger partial charge is 0.489 e. The van der Waals surface area contributed by atoms with Crippen molar-refractivity contribution in [2.75, 3.05) is 0 Å². The molecule has 318 valence electrons. The van der Waals surface area contributed by atoms with Gasteiger partial charge in [0.1, 0.15) is 23.6 Å². The van der Waals surface area contributed by atoms with Gasteiger partial charge in [-0.25, -0.2) is 5.48 Å². The highest BCUT2D eigenvalue weighted by molar-refractivity contribution is 6.31. The van der Waals surface area contributed by atoms with Crippen LogP contribution in [0.15, 0.2) is 140 Å². The number of benzene rings is 5. The molecule has 7 rings (SSSR count). The van der Waals surface area contributed by atoms with Crippen LogP contribution in [0.5, 0.6) is 5.75 Å². The average Bonchev–Trinajstić information content (AvgIpc) is 3.76. The molecular weight excluding hydrogens is 796 g/mol. The molecule has 1 fully saturated rings. The number of halogens is 1. The third-order valence-electron chi connectivity index (χ3n) is 12.0. The van der Waals surface area contributed by atoms with Gasteiger partial charge in [0.25, 0.3) is 0 Å². The number of unbranched alkanes of at least 4 members (excludes halogenated alkanes) is 3. The summed E-state index contributed by atoms with van der Waals surface area (Å²) in [5.41, 5.74) is 6.84. The number of ether oxygens (including phenoxy) is 1. The van der Waals surface area contributed by atoms with Crippen LogP contribution in [0.4, 0.5) is 0 Å². The molecule has 1 aliphatic carbocycles. The predicted molar refractivity (Wildman–Crippen MR) is 241 cm³/mol. The van der Waals surface area contributed by atoms with Crippen molar-refractivity contribution >= 4 is 23.4 Å². The van der Waals surface area contributed by atoms with Crippen LogP contribution in [0.3, 0.4) is 0 Å². The highest BCUT2D eigenvalue weighted by Crippen LogP contribution is 2.55. The van der Waals surface area contributed by atoms with Gasteiger partial charge in [-0.3, -0.25) is 19.1 Å². The van der Waals surface area contributed by atoms with E-state index in [4.69, 9.17) is 21.2 Å². The van der Waals surface area contributed by atoms with Gasteiger partial charge in [-0.1, -0.05) is 173 Å². The zero-order chi connectivity index (χ0) is 43.7. The van der Waals surface area contributed by atoms with E-state index < -0.39 is 5.60 Å². The Morgan fingerprint density at radius 3 is 1.92 bits per heavy atom. The second kappa shape index (κ2) is 19.2. The number of carbonyl (C=O) groups is 2. The first-order valence-electron chi connectivity index (χ1n) is 21.2. The molecule has 0 unspecified atom stereocenters. The topological polar surface area (TPSA) is 131 Å². The number of hydroxylamine groups is 1. The number of aryl methyl sites for hydroxylation is 1. The Labute approximate surface area is 369 Å². The van der Waals surface area contributed by atoms with Gasteiger partial charge in [-0.05, 0) is 47.2 Å². The number of hydrogen-bond acceptors (Lipinski definition) is 7. The molecule has 0 saturated heterocycles. The Bertz CT molecular complexity index is 2370. The van der Waals surface area contributed by atoms with Gasteiger partial charge in [0.2, 0.25) is 11.8 Å². The summed E-state index contributed by atoms with van der Waals surface area (Å²) in [6, 6.07) is 44.8. The number of nitriles is 1. The number of nitrogens with one attached hydrogen (secondary N) is 2. The lowest BCUT2D eigenvalue weighted by Gasteiger charge is -2.63. The third kappa shape index (κ3) is 9.60. The van der Waals surface area contributed by atoms with Gasteiger partial charge in [0, 0.05) is 41.5 Å². The molecule has 6 aromatic rings. The zero-order valence-electron chi connectivity index (χ0n) is 35.7. The van der Waals surface area contributed by atoms with Crippen molar-refractivity contribution in [3.05, 3.63) is 172 Å². The SMILES string of the molecule is CC1(C)C(NC(=O)Cc2ccc(-c3cn(CCCCCCC(=O)NOC(c4ccccc4)(c4ccccc4)c4ccccc4)nn3)cc2)C(C)(C)C1Oc1ccc(C#N)c(Cl)c1. The molecule has 1 heterocycles. The molecule has 1 saturated carbocycles. The van der Waals surface area contributed by atoms with Gasteiger partial charge in [-0.2, -0.15) is 5.26 Å². The van der Waals surface area contributed by atoms with Crippen LogP contribution < -0.4 is 15.5 Å². The van der Waals surface area contributed by atoms with Crippen LogP contribution >= 0.6 is 11.6 Å². The second-order valence-corrected chi connectivity index (χ2v) is 17.6. The van der Waals surface area contributed by atoms with E-state index in [1.807, 2.05) is 126 Å². The molecule has 1 aromatic heterocycles. The van der Waals surface area contributed by atoms with Gasteiger partial charge < -0.3 is 10.1 Å².